The minimum Gasteiger partial charge on any atom is -0.477 e. The van der Waals surface area contributed by atoms with Crippen LogP contribution in [-0.2, 0) is 19.1 Å². The summed E-state index contributed by atoms with van der Waals surface area (Å²) < 4.78 is 10.0. The minimum atomic E-state index is -2.14. The van der Waals surface area contributed by atoms with E-state index in [4.69, 9.17) is 14.6 Å². The predicted molar refractivity (Wildman–Crippen MR) is 68.1 cm³/mol. The Bertz CT molecular complexity index is 425. The van der Waals surface area contributed by atoms with Crippen LogP contribution in [0, 0.1) is 0 Å². The smallest absolute Gasteiger partial charge is 0.368 e. The number of carboxylic acids is 1. The van der Waals surface area contributed by atoms with Crippen LogP contribution >= 0.6 is 0 Å². The van der Waals surface area contributed by atoms with E-state index in [2.05, 4.69) is 5.32 Å². The number of methoxy groups -OCH3 is 1. The number of ether oxygens (including phenoxy) is 2. The quantitative estimate of drug-likeness (QED) is 0.341. The number of amides is 1. The maximum atomic E-state index is 11.3. The molecule has 0 aromatic carbocycles. The van der Waals surface area contributed by atoms with Crippen molar-refractivity contribution in [2.45, 2.75) is 37.1 Å². The van der Waals surface area contributed by atoms with Gasteiger partial charge >= 0.3 is 5.97 Å². The summed E-state index contributed by atoms with van der Waals surface area (Å²) in [6.45, 7) is 0.472. The van der Waals surface area contributed by atoms with Gasteiger partial charge in [-0.1, -0.05) is 6.08 Å². The number of hydrogen-bond acceptors (Lipinski definition) is 7. The summed E-state index contributed by atoms with van der Waals surface area (Å²) in [7, 11) is 1.10. The van der Waals surface area contributed by atoms with E-state index in [0.29, 0.717) is 0 Å². The van der Waals surface area contributed by atoms with Crippen LogP contribution in [0.25, 0.3) is 0 Å². The summed E-state index contributed by atoms with van der Waals surface area (Å²) in [5, 5.41) is 40.0. The molecular weight excluding hydrogens is 286 g/mol. The first-order valence-electron chi connectivity index (χ1n) is 6.17. The molecule has 1 amide bonds. The summed E-state index contributed by atoms with van der Waals surface area (Å²) in [4.78, 5) is 22.4. The van der Waals surface area contributed by atoms with Crippen molar-refractivity contribution >= 4 is 11.9 Å². The van der Waals surface area contributed by atoms with Crippen LogP contribution in [0.5, 0.6) is 0 Å². The number of aliphatic carboxylic acids is 1. The highest BCUT2D eigenvalue weighted by Gasteiger charge is 2.48. The summed E-state index contributed by atoms with van der Waals surface area (Å²) in [5.74, 6) is -4.04. The highest BCUT2D eigenvalue weighted by molar-refractivity contribution is 5.79. The Morgan fingerprint density at radius 3 is 2.52 bits per heavy atom. The monoisotopic (exact) mass is 305 g/mol. The lowest BCUT2D eigenvalue weighted by atomic mass is 9.96. The normalized spacial score (nSPS) is 31.5. The first kappa shape index (κ1) is 17.5. The van der Waals surface area contributed by atoms with Crippen LogP contribution < -0.4 is 5.32 Å². The molecule has 0 radical (unpaired) electrons. The molecule has 0 bridgehead atoms. The average Bonchev–Trinajstić information content (AvgIpc) is 2.45. The van der Waals surface area contributed by atoms with E-state index in [0.717, 1.165) is 13.2 Å². The second-order valence-electron chi connectivity index (χ2n) is 4.59. The third-order valence-electron chi connectivity index (χ3n) is 3.08. The van der Waals surface area contributed by atoms with Gasteiger partial charge in [-0.05, 0) is 6.08 Å². The van der Waals surface area contributed by atoms with Crippen LogP contribution in [0.3, 0.4) is 0 Å². The molecule has 0 spiro atoms. The molecule has 1 unspecified atom stereocenters. The fourth-order valence-electron chi connectivity index (χ4n) is 1.95. The van der Waals surface area contributed by atoms with Crippen molar-refractivity contribution in [2.75, 3.05) is 13.7 Å². The Morgan fingerprint density at radius 2 is 2.10 bits per heavy atom. The third-order valence-corrected chi connectivity index (χ3v) is 3.08. The minimum absolute atomic E-state index is 0.441. The van der Waals surface area contributed by atoms with Crippen LogP contribution in [0.4, 0.5) is 0 Å². The Morgan fingerprint density at radius 1 is 1.48 bits per heavy atom. The predicted octanol–water partition coefficient (Wildman–Crippen LogP) is -2.41. The number of nitrogens with one attached hydrogen (secondary N) is 1. The molecule has 1 aliphatic rings. The second kappa shape index (κ2) is 6.96. The summed E-state index contributed by atoms with van der Waals surface area (Å²) in [6.07, 6.45) is -2.14. The van der Waals surface area contributed by atoms with Gasteiger partial charge in [-0.25, -0.2) is 4.79 Å². The molecule has 5 atom stereocenters. The average molecular weight is 305 g/mol. The molecule has 21 heavy (non-hydrogen) atoms. The molecule has 9 nitrogen and oxygen atoms in total. The molecule has 120 valence electrons. The van der Waals surface area contributed by atoms with Crippen LogP contribution in [0.1, 0.15) is 6.92 Å². The van der Waals surface area contributed by atoms with Gasteiger partial charge in [0, 0.05) is 14.0 Å². The Balaban J connectivity index is 3.11. The van der Waals surface area contributed by atoms with E-state index in [1.54, 1.807) is 0 Å². The number of rotatable bonds is 6. The molecule has 0 aliphatic carbocycles. The SMILES string of the molecule is COC1(C(=O)O)C=C[C@@H](NC(C)=O)[C@H]([C@H](O)[C@H](O)CO)O1. The highest BCUT2D eigenvalue weighted by atomic mass is 16.7. The van der Waals surface area contributed by atoms with Gasteiger partial charge in [-0.2, -0.15) is 0 Å². The number of carbonyl (C=O) groups is 2. The second-order valence-corrected chi connectivity index (χ2v) is 4.59. The number of carbonyl (C=O) groups excluding carboxylic acids is 1. The van der Waals surface area contributed by atoms with E-state index >= 15 is 0 Å². The van der Waals surface area contributed by atoms with E-state index in [-0.39, 0.29) is 0 Å². The molecular formula is C12H19NO8. The summed E-state index contributed by atoms with van der Waals surface area (Å²) in [6, 6.07) is -0.888. The van der Waals surface area contributed by atoms with Gasteiger partial charge in [0.05, 0.1) is 12.6 Å². The number of aliphatic hydroxyl groups excluding tert-OH is 3. The molecule has 0 saturated heterocycles. The molecule has 1 aliphatic heterocycles. The Labute approximate surface area is 120 Å². The molecule has 0 aromatic heterocycles. The van der Waals surface area contributed by atoms with Crippen LogP contribution in [0.15, 0.2) is 12.2 Å². The number of carboxylic acid groups (broad SMARTS) is 1. The van der Waals surface area contributed by atoms with E-state index < -0.39 is 48.6 Å². The zero-order valence-corrected chi connectivity index (χ0v) is 11.6. The van der Waals surface area contributed by atoms with Gasteiger partial charge in [0.25, 0.3) is 5.79 Å². The molecule has 1 rings (SSSR count). The van der Waals surface area contributed by atoms with Crippen molar-refractivity contribution in [2.24, 2.45) is 0 Å². The van der Waals surface area contributed by atoms with Crippen LogP contribution in [0.2, 0.25) is 0 Å². The van der Waals surface area contributed by atoms with Crippen molar-refractivity contribution in [1.82, 2.24) is 5.32 Å². The van der Waals surface area contributed by atoms with Crippen molar-refractivity contribution in [3.8, 4) is 0 Å². The van der Waals surface area contributed by atoms with E-state index in [1.165, 1.54) is 13.0 Å². The Kier molecular flexibility index (Phi) is 5.81. The molecule has 1 heterocycles. The lowest BCUT2D eigenvalue weighted by Crippen LogP contribution is -2.60. The first-order chi connectivity index (χ1) is 9.77. The fraction of sp³-hybridized carbons (Fsp3) is 0.667. The Hall–Kier alpha value is -1.52. The van der Waals surface area contributed by atoms with Crippen molar-refractivity contribution < 1.29 is 39.5 Å². The largest absolute Gasteiger partial charge is 0.477 e. The lowest BCUT2D eigenvalue weighted by Gasteiger charge is -2.40. The molecule has 0 fully saturated rings. The van der Waals surface area contributed by atoms with Gasteiger partial charge in [-0.15, -0.1) is 0 Å². The zero-order chi connectivity index (χ0) is 16.2. The maximum absolute atomic E-state index is 11.3. The van der Waals surface area contributed by atoms with Crippen molar-refractivity contribution in [3.63, 3.8) is 0 Å². The topological polar surface area (TPSA) is 146 Å². The van der Waals surface area contributed by atoms with Crippen molar-refractivity contribution in [3.05, 3.63) is 12.2 Å². The van der Waals surface area contributed by atoms with Gasteiger partial charge in [0.1, 0.15) is 18.3 Å². The fourth-order valence-corrected chi connectivity index (χ4v) is 1.95. The standard InChI is InChI=1S/C12H19NO8/c1-6(15)13-7-3-4-12(20-2,11(18)19)21-10(7)9(17)8(16)5-14/h3-4,7-10,14,16-17H,5H2,1-2H3,(H,13,15)(H,18,19)/t7-,8-,9-,10-,12?/m1/s1. The summed E-state index contributed by atoms with van der Waals surface area (Å²) in [5.41, 5.74) is 0. The van der Waals surface area contributed by atoms with Gasteiger partial charge in [0.15, 0.2) is 0 Å². The zero-order valence-electron chi connectivity index (χ0n) is 11.6. The first-order valence-corrected chi connectivity index (χ1v) is 6.17. The van der Waals surface area contributed by atoms with Crippen LogP contribution in [-0.4, -0.2) is 76.2 Å². The van der Waals surface area contributed by atoms with Crippen molar-refractivity contribution in [1.29, 1.82) is 0 Å². The molecule has 9 heteroatoms. The number of hydrogen-bond donors (Lipinski definition) is 5. The van der Waals surface area contributed by atoms with Gasteiger partial charge in [0.2, 0.25) is 5.91 Å². The summed E-state index contributed by atoms with van der Waals surface area (Å²) >= 11 is 0. The maximum Gasteiger partial charge on any atom is 0.368 e. The third kappa shape index (κ3) is 3.77. The van der Waals surface area contributed by atoms with E-state index in [9.17, 15) is 24.9 Å². The number of aliphatic hydroxyl groups is 3. The highest BCUT2D eigenvalue weighted by Crippen LogP contribution is 2.27. The van der Waals surface area contributed by atoms with Gasteiger partial charge in [-0.3, -0.25) is 4.79 Å². The molecule has 5 N–H and O–H groups in total. The lowest BCUT2D eigenvalue weighted by molar-refractivity contribution is -0.253. The van der Waals surface area contributed by atoms with E-state index in [1.807, 2.05) is 0 Å². The van der Waals surface area contributed by atoms with Gasteiger partial charge < -0.3 is 35.2 Å². The molecule has 0 saturated carbocycles. The molecule has 0 aromatic rings.